The van der Waals surface area contributed by atoms with E-state index in [1.54, 1.807) is 0 Å². The Balaban J connectivity index is 1.37. The van der Waals surface area contributed by atoms with Crippen LogP contribution in [0.2, 0.25) is 0 Å². The van der Waals surface area contributed by atoms with Gasteiger partial charge in [0.05, 0.1) is 49.9 Å². The topological polar surface area (TPSA) is 51.7 Å². The van der Waals surface area contributed by atoms with Crippen molar-refractivity contribution in [3.63, 3.8) is 0 Å². The number of benzene rings is 9. The summed E-state index contributed by atoms with van der Waals surface area (Å²) < 4.78 is 14.5. The Labute approximate surface area is 343 Å². The van der Waals surface area contributed by atoms with Crippen LogP contribution in [0.3, 0.4) is 0 Å². The van der Waals surface area contributed by atoms with Crippen molar-refractivity contribution in [3.8, 4) is 34.3 Å². The number of fused-ring (bicyclic) bond motifs is 12. The molecule has 0 aliphatic heterocycles. The Kier molecular flexibility index (Phi) is 6.73. The molecule has 13 aromatic rings. The summed E-state index contributed by atoms with van der Waals surface area (Å²) in [5.41, 5.74) is 12.5. The minimum atomic E-state index is 0.546. The Morgan fingerprint density at radius 1 is 0.333 bits per heavy atom. The molecule has 0 atom stereocenters. The number of para-hydroxylation sites is 7. The molecule has 4 heterocycles. The number of hydrogen-bond donors (Lipinski definition) is 0. The van der Waals surface area contributed by atoms with Crippen molar-refractivity contribution in [1.29, 1.82) is 5.26 Å². The standard InChI is InChI=1S/C55H32N4O/c56-33-43-51(57-44-27-10-4-19-36(44)37-20-5-11-28-45(37)57)50-42-26-16-25-35(34-17-2-1-3-18-34)54(42)60-55(50)53(59-48-31-14-8-23-40(48)41-24-9-15-32-49(41)59)52(43)58-46-29-12-6-21-38(46)39-22-7-13-30-47(39)58/h1-32H. The first-order valence-electron chi connectivity index (χ1n) is 20.3. The maximum absolute atomic E-state index is 12.1. The number of nitriles is 1. The van der Waals surface area contributed by atoms with Gasteiger partial charge in [-0.15, -0.1) is 0 Å². The summed E-state index contributed by atoms with van der Waals surface area (Å²) in [6, 6.07) is 71.0. The molecule has 0 unspecified atom stereocenters. The molecule has 0 fully saturated rings. The fraction of sp³-hybridized carbons (Fsp3) is 0. The molecule has 13 rings (SSSR count). The van der Waals surface area contributed by atoms with Gasteiger partial charge < -0.3 is 18.1 Å². The molecular weight excluding hydrogens is 733 g/mol. The van der Waals surface area contributed by atoms with Crippen molar-refractivity contribution < 1.29 is 4.42 Å². The SMILES string of the molecule is N#Cc1c(-n2c3ccccc3c3ccccc32)c(-n2c3ccccc3c3ccccc32)c2oc3c(-c4ccccc4)cccc3c2c1-n1c2ccccc2c2ccccc21. The molecule has 278 valence electrons. The summed E-state index contributed by atoms with van der Waals surface area (Å²) in [7, 11) is 0. The van der Waals surface area contributed by atoms with Crippen molar-refractivity contribution >= 4 is 87.4 Å². The monoisotopic (exact) mass is 764 g/mol. The number of aromatic nitrogens is 3. The highest BCUT2D eigenvalue weighted by molar-refractivity contribution is 6.22. The Bertz CT molecular complexity index is 3800. The van der Waals surface area contributed by atoms with Gasteiger partial charge in [0.1, 0.15) is 22.9 Å². The third-order valence-electron chi connectivity index (χ3n) is 12.5. The summed E-state index contributed by atoms with van der Waals surface area (Å²) in [6.45, 7) is 0. The third-order valence-corrected chi connectivity index (χ3v) is 12.5. The second-order valence-corrected chi connectivity index (χ2v) is 15.5. The lowest BCUT2D eigenvalue weighted by Crippen LogP contribution is -2.10. The second kappa shape index (κ2) is 12.3. The molecule has 0 radical (unpaired) electrons. The van der Waals surface area contributed by atoms with E-state index in [2.05, 4.69) is 208 Å². The molecule has 0 aliphatic carbocycles. The molecule has 0 spiro atoms. The predicted octanol–water partition coefficient (Wildman–Crippen LogP) is 14.4. The van der Waals surface area contributed by atoms with Crippen LogP contribution in [0.25, 0.3) is 116 Å². The summed E-state index contributed by atoms with van der Waals surface area (Å²) in [6.07, 6.45) is 0. The van der Waals surface area contributed by atoms with E-state index in [-0.39, 0.29) is 0 Å². The van der Waals surface area contributed by atoms with Crippen LogP contribution in [-0.4, -0.2) is 13.7 Å². The molecule has 0 aliphatic rings. The largest absolute Gasteiger partial charge is 0.453 e. The maximum Gasteiger partial charge on any atom is 0.163 e. The van der Waals surface area contributed by atoms with Crippen molar-refractivity contribution in [1.82, 2.24) is 13.7 Å². The van der Waals surface area contributed by atoms with E-state index >= 15 is 0 Å². The smallest absolute Gasteiger partial charge is 0.163 e. The van der Waals surface area contributed by atoms with Gasteiger partial charge in [0.25, 0.3) is 0 Å². The summed E-state index contributed by atoms with van der Waals surface area (Å²) in [4.78, 5) is 0. The fourth-order valence-electron chi connectivity index (χ4n) is 10.1. The van der Waals surface area contributed by atoms with Gasteiger partial charge in [-0.25, -0.2) is 0 Å². The van der Waals surface area contributed by atoms with Gasteiger partial charge in [-0.2, -0.15) is 5.26 Å². The summed E-state index contributed by atoms with van der Waals surface area (Å²) in [5.74, 6) is 0. The molecule has 5 heteroatoms. The molecule has 0 saturated carbocycles. The van der Waals surface area contributed by atoms with Gasteiger partial charge in [-0.3, -0.25) is 0 Å². The molecule has 5 nitrogen and oxygen atoms in total. The van der Waals surface area contributed by atoms with Crippen LogP contribution in [0.5, 0.6) is 0 Å². The van der Waals surface area contributed by atoms with E-state index < -0.39 is 0 Å². The molecular formula is C55H32N4O. The van der Waals surface area contributed by atoms with Gasteiger partial charge in [0, 0.05) is 43.3 Å². The molecule has 0 N–H and O–H groups in total. The highest BCUT2D eigenvalue weighted by atomic mass is 16.3. The lowest BCUT2D eigenvalue weighted by Gasteiger charge is -2.22. The van der Waals surface area contributed by atoms with Crippen molar-refractivity contribution in [2.75, 3.05) is 0 Å². The highest BCUT2D eigenvalue weighted by Crippen LogP contribution is 2.50. The van der Waals surface area contributed by atoms with Crippen molar-refractivity contribution in [2.24, 2.45) is 0 Å². The molecule has 9 aromatic carbocycles. The van der Waals surface area contributed by atoms with E-state index in [1.165, 1.54) is 0 Å². The highest BCUT2D eigenvalue weighted by Gasteiger charge is 2.32. The predicted molar refractivity (Wildman–Crippen MR) is 247 cm³/mol. The molecule has 60 heavy (non-hydrogen) atoms. The zero-order valence-corrected chi connectivity index (χ0v) is 32.2. The van der Waals surface area contributed by atoms with Crippen LogP contribution in [0.4, 0.5) is 0 Å². The number of hydrogen-bond acceptors (Lipinski definition) is 2. The van der Waals surface area contributed by atoms with Crippen LogP contribution in [0, 0.1) is 11.3 Å². The van der Waals surface area contributed by atoms with E-state index in [4.69, 9.17) is 4.42 Å². The van der Waals surface area contributed by atoms with E-state index in [9.17, 15) is 5.26 Å². The fourth-order valence-corrected chi connectivity index (χ4v) is 10.1. The molecule has 4 aromatic heterocycles. The normalized spacial score (nSPS) is 12.0. The van der Waals surface area contributed by atoms with Crippen LogP contribution in [0.15, 0.2) is 199 Å². The number of furan rings is 1. The van der Waals surface area contributed by atoms with E-state index in [1.807, 2.05) is 6.07 Å². The van der Waals surface area contributed by atoms with Gasteiger partial charge in [0.2, 0.25) is 0 Å². The van der Waals surface area contributed by atoms with Crippen LogP contribution < -0.4 is 0 Å². The first-order chi connectivity index (χ1) is 29.8. The summed E-state index contributed by atoms with van der Waals surface area (Å²) >= 11 is 0. The zero-order chi connectivity index (χ0) is 39.5. The first-order valence-corrected chi connectivity index (χ1v) is 20.3. The zero-order valence-electron chi connectivity index (χ0n) is 32.2. The molecule has 0 amide bonds. The average Bonchev–Trinajstić information content (AvgIpc) is 4.05. The van der Waals surface area contributed by atoms with Crippen molar-refractivity contribution in [3.05, 3.63) is 200 Å². The first kappa shape index (κ1) is 32.7. The van der Waals surface area contributed by atoms with Gasteiger partial charge in [0.15, 0.2) is 5.58 Å². The third kappa shape index (κ3) is 4.29. The maximum atomic E-state index is 12.1. The van der Waals surface area contributed by atoms with Crippen molar-refractivity contribution in [2.45, 2.75) is 0 Å². The minimum Gasteiger partial charge on any atom is -0.453 e. The Hall–Kier alpha value is -8.33. The van der Waals surface area contributed by atoms with Crippen LogP contribution >= 0.6 is 0 Å². The Morgan fingerprint density at radius 3 is 1.13 bits per heavy atom. The minimum absolute atomic E-state index is 0.546. The van der Waals surface area contributed by atoms with Crippen LogP contribution in [0.1, 0.15) is 5.56 Å². The Morgan fingerprint density at radius 2 is 0.700 bits per heavy atom. The summed E-state index contributed by atoms with van der Waals surface area (Å²) in [5, 5.41) is 20.6. The van der Waals surface area contributed by atoms with Crippen LogP contribution in [-0.2, 0) is 0 Å². The lowest BCUT2D eigenvalue weighted by molar-refractivity contribution is 0.667. The van der Waals surface area contributed by atoms with E-state index in [0.717, 1.165) is 110 Å². The molecule has 0 saturated heterocycles. The average molecular weight is 765 g/mol. The molecule has 0 bridgehead atoms. The number of nitrogens with zero attached hydrogens (tertiary/aromatic N) is 4. The van der Waals surface area contributed by atoms with Gasteiger partial charge in [-0.05, 0) is 42.0 Å². The van der Waals surface area contributed by atoms with Gasteiger partial charge in [-0.1, -0.05) is 158 Å². The van der Waals surface area contributed by atoms with Gasteiger partial charge >= 0.3 is 0 Å². The van der Waals surface area contributed by atoms with E-state index in [0.29, 0.717) is 11.1 Å². The second-order valence-electron chi connectivity index (χ2n) is 15.5. The number of rotatable bonds is 4. The lowest BCUT2D eigenvalue weighted by atomic mass is 9.98. The quantitative estimate of drug-likeness (QED) is 0.179.